The molecule has 0 fully saturated rings. The largest absolute Gasteiger partial charge is 0.484 e. The number of hydrogen-bond acceptors (Lipinski definition) is 5. The van der Waals surface area contributed by atoms with Gasteiger partial charge in [-0.3, -0.25) is 0 Å². The van der Waals surface area contributed by atoms with Crippen LogP contribution in [0.2, 0.25) is 0 Å². The molecule has 2 aromatic rings. The highest BCUT2D eigenvalue weighted by Gasteiger charge is 2.37. The van der Waals surface area contributed by atoms with Crippen LogP contribution in [0, 0.1) is 0 Å². The molecule has 2 rings (SSSR count). The minimum atomic E-state index is -4.62. The Hall–Kier alpha value is -2.25. The smallest absolute Gasteiger partial charge is 0.455 e. The third kappa shape index (κ3) is 2.90. The van der Waals surface area contributed by atoms with Crippen LogP contribution >= 0.6 is 0 Å². The Bertz CT molecular complexity index is 522. The molecule has 0 bridgehead atoms. The number of nitrogens with two attached hydrogens (primary N) is 1. The lowest BCUT2D eigenvalue weighted by molar-refractivity contribution is -0.146. The van der Waals surface area contributed by atoms with Crippen LogP contribution in [0.3, 0.4) is 0 Å². The van der Waals surface area contributed by atoms with Crippen LogP contribution in [-0.2, 0) is 12.8 Å². The molecule has 0 spiro atoms. The Morgan fingerprint density at radius 3 is 2.44 bits per heavy atom. The average Bonchev–Trinajstić information content (AvgIpc) is 2.77. The van der Waals surface area contributed by atoms with Crippen LogP contribution in [0.4, 0.5) is 18.9 Å². The van der Waals surface area contributed by atoms with Crippen LogP contribution < -0.4 is 10.5 Å². The fourth-order valence-corrected chi connectivity index (χ4v) is 1.14. The van der Waals surface area contributed by atoms with Crippen molar-refractivity contribution in [2.45, 2.75) is 12.8 Å². The zero-order valence-corrected chi connectivity index (χ0v) is 8.94. The highest BCUT2D eigenvalue weighted by atomic mass is 19.4. The summed E-state index contributed by atoms with van der Waals surface area (Å²) in [5, 5.41) is 2.80. The van der Waals surface area contributed by atoms with Crippen LogP contribution in [-0.4, -0.2) is 10.1 Å². The van der Waals surface area contributed by atoms with Gasteiger partial charge in [0.15, 0.2) is 6.61 Å². The number of ether oxygens (including phenoxy) is 1. The maximum atomic E-state index is 12.2. The van der Waals surface area contributed by atoms with E-state index in [9.17, 15) is 13.2 Å². The van der Waals surface area contributed by atoms with Crippen LogP contribution in [0.1, 0.15) is 11.7 Å². The van der Waals surface area contributed by atoms with E-state index in [0.717, 1.165) is 0 Å². The number of nitrogens with zero attached hydrogens (tertiary/aromatic N) is 2. The van der Waals surface area contributed by atoms with Crippen molar-refractivity contribution < 1.29 is 22.4 Å². The topological polar surface area (TPSA) is 74.2 Å². The summed E-state index contributed by atoms with van der Waals surface area (Å²) < 4.78 is 46.1. The molecule has 0 unspecified atom stereocenters. The molecule has 2 N–H and O–H groups in total. The summed E-state index contributed by atoms with van der Waals surface area (Å²) in [6, 6.07) is 6.36. The summed E-state index contributed by atoms with van der Waals surface area (Å²) in [6.07, 6.45) is -4.62. The van der Waals surface area contributed by atoms with Crippen molar-refractivity contribution in [3.05, 3.63) is 36.0 Å². The van der Waals surface area contributed by atoms with E-state index < -0.39 is 12.0 Å². The van der Waals surface area contributed by atoms with Crippen molar-refractivity contribution >= 4 is 5.69 Å². The SMILES string of the molecule is Nc1ccc(OCc2nc(C(F)(F)F)no2)cc1. The Morgan fingerprint density at radius 2 is 1.89 bits per heavy atom. The van der Waals surface area contributed by atoms with E-state index in [1.54, 1.807) is 24.3 Å². The first-order valence-corrected chi connectivity index (χ1v) is 4.83. The van der Waals surface area contributed by atoms with Gasteiger partial charge in [-0.25, -0.2) is 0 Å². The van der Waals surface area contributed by atoms with Crippen molar-refractivity contribution in [3.8, 4) is 5.75 Å². The first-order valence-electron chi connectivity index (χ1n) is 4.83. The van der Waals surface area contributed by atoms with Gasteiger partial charge < -0.3 is 15.0 Å². The zero-order valence-electron chi connectivity index (χ0n) is 8.94. The zero-order chi connectivity index (χ0) is 13.2. The van der Waals surface area contributed by atoms with E-state index in [1.807, 2.05) is 0 Å². The van der Waals surface area contributed by atoms with Gasteiger partial charge >= 0.3 is 6.18 Å². The summed E-state index contributed by atoms with van der Waals surface area (Å²) in [6.45, 7) is -0.243. The molecule has 18 heavy (non-hydrogen) atoms. The summed E-state index contributed by atoms with van der Waals surface area (Å²) in [5.74, 6) is -1.13. The van der Waals surface area contributed by atoms with Gasteiger partial charge in [-0.1, -0.05) is 5.16 Å². The monoisotopic (exact) mass is 259 g/mol. The van der Waals surface area contributed by atoms with Gasteiger partial charge in [0, 0.05) is 5.69 Å². The molecule has 96 valence electrons. The quantitative estimate of drug-likeness (QED) is 0.855. The second-order valence-corrected chi connectivity index (χ2v) is 3.37. The minimum absolute atomic E-state index is 0.243. The molecule has 0 aliphatic rings. The third-order valence-corrected chi connectivity index (χ3v) is 1.96. The van der Waals surface area contributed by atoms with Gasteiger partial charge in [-0.15, -0.1) is 0 Å². The molecule has 0 aliphatic heterocycles. The molecule has 0 saturated heterocycles. The minimum Gasteiger partial charge on any atom is -0.484 e. The Balaban J connectivity index is 1.98. The van der Waals surface area contributed by atoms with E-state index in [4.69, 9.17) is 10.5 Å². The second kappa shape index (κ2) is 4.55. The van der Waals surface area contributed by atoms with E-state index in [0.29, 0.717) is 11.4 Å². The molecular weight excluding hydrogens is 251 g/mol. The molecule has 1 aromatic heterocycles. The summed E-state index contributed by atoms with van der Waals surface area (Å²) in [4.78, 5) is 3.16. The maximum absolute atomic E-state index is 12.2. The first kappa shape index (κ1) is 12.2. The van der Waals surface area contributed by atoms with Gasteiger partial charge in [0.1, 0.15) is 5.75 Å². The van der Waals surface area contributed by atoms with Gasteiger partial charge in [-0.2, -0.15) is 18.2 Å². The lowest BCUT2D eigenvalue weighted by Crippen LogP contribution is -2.07. The third-order valence-electron chi connectivity index (χ3n) is 1.96. The van der Waals surface area contributed by atoms with Crippen LogP contribution in [0.15, 0.2) is 28.8 Å². The molecule has 5 nitrogen and oxygen atoms in total. The number of alkyl halides is 3. The molecule has 0 atom stereocenters. The first-order chi connectivity index (χ1) is 8.45. The van der Waals surface area contributed by atoms with Crippen molar-refractivity contribution in [2.24, 2.45) is 0 Å². The van der Waals surface area contributed by atoms with Crippen LogP contribution in [0.25, 0.3) is 0 Å². The lowest BCUT2D eigenvalue weighted by Gasteiger charge is -2.02. The molecular formula is C10H8F3N3O2. The number of aromatic nitrogens is 2. The molecule has 0 aliphatic carbocycles. The van der Waals surface area contributed by atoms with E-state index in [1.165, 1.54) is 0 Å². The molecule has 0 saturated carbocycles. The van der Waals surface area contributed by atoms with E-state index in [2.05, 4.69) is 14.7 Å². The predicted octanol–water partition coefficient (Wildman–Crippen LogP) is 2.25. The summed E-state index contributed by atoms with van der Waals surface area (Å²) >= 11 is 0. The van der Waals surface area contributed by atoms with Crippen molar-refractivity contribution in [2.75, 3.05) is 5.73 Å². The van der Waals surface area contributed by atoms with Crippen molar-refractivity contribution in [3.63, 3.8) is 0 Å². The molecule has 0 radical (unpaired) electrons. The number of hydrogen-bond donors (Lipinski definition) is 1. The highest BCUT2D eigenvalue weighted by Crippen LogP contribution is 2.26. The number of halogens is 3. The highest BCUT2D eigenvalue weighted by molar-refractivity contribution is 5.41. The van der Waals surface area contributed by atoms with Gasteiger partial charge in [0.2, 0.25) is 0 Å². The van der Waals surface area contributed by atoms with Crippen molar-refractivity contribution in [1.82, 2.24) is 10.1 Å². The van der Waals surface area contributed by atoms with Gasteiger partial charge in [0.25, 0.3) is 11.7 Å². The normalized spacial score (nSPS) is 11.5. The Kier molecular flexibility index (Phi) is 3.09. The maximum Gasteiger partial charge on any atom is 0.455 e. The second-order valence-electron chi connectivity index (χ2n) is 3.37. The number of rotatable bonds is 3. The lowest BCUT2D eigenvalue weighted by atomic mass is 10.3. The predicted molar refractivity (Wildman–Crippen MR) is 54.5 cm³/mol. The molecule has 0 amide bonds. The van der Waals surface area contributed by atoms with Crippen molar-refractivity contribution in [1.29, 1.82) is 0 Å². The summed E-state index contributed by atoms with van der Waals surface area (Å²) in [7, 11) is 0. The van der Waals surface area contributed by atoms with E-state index >= 15 is 0 Å². The molecule has 8 heteroatoms. The number of benzene rings is 1. The fourth-order valence-electron chi connectivity index (χ4n) is 1.14. The standard InChI is InChI=1S/C10H8F3N3O2/c11-10(12,13)9-15-8(18-16-9)5-17-7-3-1-6(14)2-4-7/h1-4H,5,14H2. The molecule has 1 heterocycles. The van der Waals surface area contributed by atoms with E-state index in [-0.39, 0.29) is 12.5 Å². The van der Waals surface area contributed by atoms with Crippen LogP contribution in [0.5, 0.6) is 5.75 Å². The fraction of sp³-hybridized carbons (Fsp3) is 0.200. The average molecular weight is 259 g/mol. The molecule has 1 aromatic carbocycles. The van der Waals surface area contributed by atoms with Gasteiger partial charge in [-0.05, 0) is 24.3 Å². The number of nitrogen functional groups attached to an aromatic ring is 1. The Morgan fingerprint density at radius 1 is 1.22 bits per heavy atom. The Labute approximate surface area is 99.4 Å². The number of anilines is 1. The van der Waals surface area contributed by atoms with Gasteiger partial charge in [0.05, 0.1) is 0 Å². The summed E-state index contributed by atoms with van der Waals surface area (Å²) in [5.41, 5.74) is 6.02.